The predicted octanol–water partition coefficient (Wildman–Crippen LogP) is 3.66. The molecule has 0 aliphatic carbocycles. The molecule has 0 aliphatic rings. The fourth-order valence-corrected chi connectivity index (χ4v) is 1.21. The molecular formula is C12H12OS2. The fourth-order valence-electron chi connectivity index (χ4n) is 0.892. The molecule has 0 unspecified atom stereocenters. The summed E-state index contributed by atoms with van der Waals surface area (Å²) in [6.07, 6.45) is 0. The van der Waals surface area contributed by atoms with Gasteiger partial charge in [0.1, 0.15) is 5.75 Å². The van der Waals surface area contributed by atoms with E-state index in [9.17, 15) is 0 Å². The number of para-hydroxylation sites is 1. The summed E-state index contributed by atoms with van der Waals surface area (Å²) in [6.45, 7) is 0. The second-order valence-electron chi connectivity index (χ2n) is 2.82. The van der Waals surface area contributed by atoms with Crippen LogP contribution in [0.5, 0.6) is 5.75 Å². The van der Waals surface area contributed by atoms with Crippen LogP contribution in [0, 0.1) is 0 Å². The van der Waals surface area contributed by atoms with Gasteiger partial charge >= 0.3 is 0 Å². The first kappa shape index (κ1) is 12.0. The summed E-state index contributed by atoms with van der Waals surface area (Å²) in [5.74, 6) is 0.322. The first-order valence-electron chi connectivity index (χ1n) is 4.41. The van der Waals surface area contributed by atoms with Crippen molar-refractivity contribution in [3.05, 3.63) is 54.6 Å². The van der Waals surface area contributed by atoms with E-state index in [1.54, 1.807) is 24.3 Å². The van der Waals surface area contributed by atoms with Gasteiger partial charge in [-0.25, -0.2) is 0 Å². The van der Waals surface area contributed by atoms with Crippen molar-refractivity contribution in [1.82, 2.24) is 0 Å². The molecule has 2 aromatic carbocycles. The minimum Gasteiger partial charge on any atom is -0.508 e. The lowest BCUT2D eigenvalue weighted by molar-refractivity contribution is 0.475. The topological polar surface area (TPSA) is 20.2 Å². The normalized spacial score (nSPS) is 8.93. The van der Waals surface area contributed by atoms with Gasteiger partial charge in [0.05, 0.1) is 0 Å². The van der Waals surface area contributed by atoms with Gasteiger partial charge in [-0.2, -0.15) is 0 Å². The molecule has 1 N–H and O–H groups in total. The summed E-state index contributed by atoms with van der Waals surface area (Å²) in [7, 11) is 0. The van der Waals surface area contributed by atoms with Crippen LogP contribution in [0.4, 0.5) is 0 Å². The van der Waals surface area contributed by atoms with Crippen molar-refractivity contribution in [2.24, 2.45) is 0 Å². The van der Waals surface area contributed by atoms with Gasteiger partial charge in [0.25, 0.3) is 0 Å². The number of hydrogen-bond acceptors (Lipinski definition) is 3. The zero-order valence-corrected chi connectivity index (χ0v) is 9.83. The Bertz CT molecular complexity index is 380. The molecule has 78 valence electrons. The van der Waals surface area contributed by atoms with E-state index in [1.165, 1.54) is 0 Å². The van der Waals surface area contributed by atoms with E-state index in [-0.39, 0.29) is 0 Å². The van der Waals surface area contributed by atoms with E-state index in [4.69, 9.17) is 5.11 Å². The van der Waals surface area contributed by atoms with E-state index in [0.29, 0.717) is 5.75 Å². The van der Waals surface area contributed by atoms with Crippen LogP contribution in [-0.2, 0) is 0 Å². The largest absolute Gasteiger partial charge is 0.508 e. The zero-order chi connectivity index (χ0) is 11.1. The Morgan fingerprint density at radius 1 is 0.667 bits per heavy atom. The number of benzene rings is 2. The van der Waals surface area contributed by atoms with Crippen molar-refractivity contribution in [1.29, 1.82) is 0 Å². The lowest BCUT2D eigenvalue weighted by atomic mass is 10.3. The molecule has 2 rings (SSSR count). The van der Waals surface area contributed by atoms with Crippen molar-refractivity contribution >= 4 is 25.3 Å². The van der Waals surface area contributed by atoms with Crippen molar-refractivity contribution in [3.63, 3.8) is 0 Å². The molecule has 0 radical (unpaired) electrons. The monoisotopic (exact) mass is 236 g/mol. The molecule has 0 bridgehead atoms. The highest BCUT2D eigenvalue weighted by Gasteiger charge is 1.86. The molecule has 0 spiro atoms. The zero-order valence-electron chi connectivity index (χ0n) is 8.04. The highest BCUT2D eigenvalue weighted by molar-refractivity contribution is 7.83. The molecule has 0 atom stereocenters. The maximum Gasteiger partial charge on any atom is 0.115 e. The van der Waals surface area contributed by atoms with Gasteiger partial charge in [0.15, 0.2) is 0 Å². The van der Waals surface area contributed by atoms with Gasteiger partial charge in [-0.3, -0.25) is 0 Å². The summed E-state index contributed by atoms with van der Waals surface area (Å²) in [5.41, 5.74) is 0. The van der Waals surface area contributed by atoms with E-state index < -0.39 is 0 Å². The molecule has 3 heteroatoms. The lowest BCUT2D eigenvalue weighted by Gasteiger charge is -1.91. The van der Waals surface area contributed by atoms with Gasteiger partial charge in [0.2, 0.25) is 0 Å². The molecule has 15 heavy (non-hydrogen) atoms. The molecule has 0 aromatic heterocycles. The Balaban J connectivity index is 0.000000151. The summed E-state index contributed by atoms with van der Waals surface area (Å²) in [6, 6.07) is 16.4. The van der Waals surface area contributed by atoms with Crippen molar-refractivity contribution in [2.45, 2.75) is 9.79 Å². The number of phenols is 1. The van der Waals surface area contributed by atoms with Gasteiger partial charge in [0, 0.05) is 9.79 Å². The molecule has 0 heterocycles. The Kier molecular flexibility index (Phi) is 5.15. The van der Waals surface area contributed by atoms with Crippen LogP contribution >= 0.6 is 25.3 Å². The van der Waals surface area contributed by atoms with E-state index >= 15 is 0 Å². The maximum atomic E-state index is 8.63. The summed E-state index contributed by atoms with van der Waals surface area (Å²) < 4.78 is 0. The fraction of sp³-hybridized carbons (Fsp3) is 0. The third-order valence-corrected chi connectivity index (χ3v) is 2.59. The minimum absolute atomic E-state index is 0.322. The quantitative estimate of drug-likeness (QED) is 0.596. The van der Waals surface area contributed by atoms with Gasteiger partial charge < -0.3 is 5.11 Å². The average molecular weight is 236 g/mol. The van der Waals surface area contributed by atoms with E-state index in [2.05, 4.69) is 25.3 Å². The van der Waals surface area contributed by atoms with E-state index in [0.717, 1.165) is 9.79 Å². The Morgan fingerprint density at radius 3 is 1.33 bits per heavy atom. The summed E-state index contributed by atoms with van der Waals surface area (Å²) >= 11 is 8.24. The van der Waals surface area contributed by atoms with E-state index in [1.807, 2.05) is 30.3 Å². The van der Waals surface area contributed by atoms with Crippen molar-refractivity contribution in [2.75, 3.05) is 0 Å². The van der Waals surface area contributed by atoms with Crippen LogP contribution in [0.25, 0.3) is 0 Å². The Hall–Kier alpha value is -1.06. The van der Waals surface area contributed by atoms with Crippen LogP contribution < -0.4 is 0 Å². The number of aromatic hydroxyl groups is 1. The van der Waals surface area contributed by atoms with Crippen LogP contribution in [-0.4, -0.2) is 5.11 Å². The van der Waals surface area contributed by atoms with Crippen LogP contribution in [0.2, 0.25) is 0 Å². The summed E-state index contributed by atoms with van der Waals surface area (Å²) in [5, 5.41) is 8.63. The van der Waals surface area contributed by atoms with Crippen LogP contribution in [0.15, 0.2) is 64.4 Å². The summed E-state index contributed by atoms with van der Waals surface area (Å²) in [4.78, 5) is 1.85. The van der Waals surface area contributed by atoms with Gasteiger partial charge in [-0.15, -0.1) is 25.3 Å². The second kappa shape index (κ2) is 6.43. The van der Waals surface area contributed by atoms with Crippen LogP contribution in [0.1, 0.15) is 0 Å². The molecule has 0 saturated carbocycles. The first-order valence-corrected chi connectivity index (χ1v) is 5.30. The molecule has 0 amide bonds. The van der Waals surface area contributed by atoms with Crippen molar-refractivity contribution < 1.29 is 5.11 Å². The highest BCUT2D eigenvalue weighted by Crippen LogP contribution is 2.15. The number of hydrogen-bond donors (Lipinski definition) is 3. The maximum absolute atomic E-state index is 8.63. The lowest BCUT2D eigenvalue weighted by Crippen LogP contribution is -1.65. The first-order chi connectivity index (χ1) is 7.20. The molecule has 0 fully saturated rings. The van der Waals surface area contributed by atoms with Gasteiger partial charge in [-0.1, -0.05) is 30.3 Å². The SMILES string of the molecule is Oc1ccccc1.Sc1ccccc1S. The minimum atomic E-state index is 0.322. The van der Waals surface area contributed by atoms with Crippen molar-refractivity contribution in [3.8, 4) is 5.75 Å². The molecule has 0 saturated heterocycles. The molecule has 0 aliphatic heterocycles. The number of thiol groups is 2. The number of phenolic OH excluding ortho intramolecular Hbond substituents is 1. The molecule has 2 aromatic rings. The Labute approximate surface area is 101 Å². The smallest absolute Gasteiger partial charge is 0.115 e. The Morgan fingerprint density at radius 2 is 1.07 bits per heavy atom. The van der Waals surface area contributed by atoms with Gasteiger partial charge in [-0.05, 0) is 24.3 Å². The molecular weight excluding hydrogens is 224 g/mol. The third kappa shape index (κ3) is 4.81. The third-order valence-electron chi connectivity index (χ3n) is 1.64. The molecule has 1 nitrogen and oxygen atoms in total. The van der Waals surface area contributed by atoms with Crippen LogP contribution in [0.3, 0.4) is 0 Å². The number of rotatable bonds is 0. The highest BCUT2D eigenvalue weighted by atomic mass is 32.1. The second-order valence-corrected chi connectivity index (χ2v) is 3.79. The standard InChI is InChI=1S/C6H6O.C6H6S2/c7-6-4-2-1-3-5-6;7-5-3-1-2-4-6(5)8/h1-5,7H;1-4,7-8H. The average Bonchev–Trinajstić information content (AvgIpc) is 2.25. The predicted molar refractivity (Wildman–Crippen MR) is 69.1 cm³/mol.